The summed E-state index contributed by atoms with van der Waals surface area (Å²) in [5, 5.41) is 0. The van der Waals surface area contributed by atoms with Crippen LogP contribution >= 0.6 is 0 Å². The molecule has 1 unspecified atom stereocenters. The van der Waals surface area contributed by atoms with Gasteiger partial charge >= 0.3 is 0 Å². The quantitative estimate of drug-likeness (QED) is 0.828. The topological polar surface area (TPSA) is 55.8 Å². The molecule has 23 heavy (non-hydrogen) atoms. The van der Waals surface area contributed by atoms with Gasteiger partial charge in [-0.15, -0.1) is 0 Å². The van der Waals surface area contributed by atoms with Gasteiger partial charge in [0, 0.05) is 18.7 Å². The predicted octanol–water partition coefficient (Wildman–Crippen LogP) is 2.74. The second kappa shape index (κ2) is 7.09. The van der Waals surface area contributed by atoms with Gasteiger partial charge in [-0.3, -0.25) is 4.31 Å². The molecule has 1 fully saturated rings. The van der Waals surface area contributed by atoms with E-state index in [4.69, 9.17) is 9.47 Å². The van der Waals surface area contributed by atoms with E-state index in [0.29, 0.717) is 13.0 Å². The Kier molecular flexibility index (Phi) is 5.11. The number of hydrogen-bond donors (Lipinski definition) is 0. The van der Waals surface area contributed by atoms with Crippen molar-refractivity contribution in [3.8, 4) is 5.75 Å². The molecule has 0 aliphatic carbocycles. The van der Waals surface area contributed by atoms with Gasteiger partial charge in [0.25, 0.3) is 0 Å². The standard InChI is InChI=1S/C17H25NO4S/c1-21-17-9-4-8-16-15(17)7-2-3-11-18(16)23(19,20)13-10-14-6-5-12-22-14/h4,8-9,14H,2-3,5-7,10-13H2,1H3. The molecule has 6 heteroatoms. The molecule has 1 atom stereocenters. The van der Waals surface area contributed by atoms with Crippen molar-refractivity contribution in [1.29, 1.82) is 0 Å². The maximum Gasteiger partial charge on any atom is 0.235 e. The molecule has 0 saturated carbocycles. The van der Waals surface area contributed by atoms with Crippen molar-refractivity contribution in [1.82, 2.24) is 0 Å². The lowest BCUT2D eigenvalue weighted by atomic mass is 10.1. The highest BCUT2D eigenvalue weighted by molar-refractivity contribution is 7.92. The minimum atomic E-state index is -3.33. The first-order valence-corrected chi connectivity index (χ1v) is 10.0. The van der Waals surface area contributed by atoms with Crippen molar-refractivity contribution < 1.29 is 17.9 Å². The summed E-state index contributed by atoms with van der Waals surface area (Å²) in [7, 11) is -1.70. The Bertz CT molecular complexity index is 638. The Morgan fingerprint density at radius 3 is 2.91 bits per heavy atom. The molecule has 2 aliphatic rings. The third kappa shape index (κ3) is 3.63. The Morgan fingerprint density at radius 2 is 2.17 bits per heavy atom. The highest BCUT2D eigenvalue weighted by atomic mass is 32.2. The Morgan fingerprint density at radius 1 is 1.30 bits per heavy atom. The highest BCUT2D eigenvalue weighted by Crippen LogP contribution is 2.35. The van der Waals surface area contributed by atoms with Crippen LogP contribution in [0.4, 0.5) is 5.69 Å². The van der Waals surface area contributed by atoms with Crippen LogP contribution in [0.25, 0.3) is 0 Å². The van der Waals surface area contributed by atoms with Gasteiger partial charge in [0.15, 0.2) is 0 Å². The maximum atomic E-state index is 12.9. The fourth-order valence-corrected chi connectivity index (χ4v) is 5.12. The molecule has 0 amide bonds. The summed E-state index contributed by atoms with van der Waals surface area (Å²) in [5.74, 6) is 0.928. The van der Waals surface area contributed by atoms with E-state index in [1.165, 1.54) is 0 Å². The molecular formula is C17H25NO4S. The van der Waals surface area contributed by atoms with Crippen molar-refractivity contribution in [3.05, 3.63) is 23.8 Å². The molecule has 128 valence electrons. The largest absolute Gasteiger partial charge is 0.496 e. The van der Waals surface area contributed by atoms with Gasteiger partial charge in [0.05, 0.1) is 24.7 Å². The zero-order chi connectivity index (χ0) is 16.3. The van der Waals surface area contributed by atoms with Crippen molar-refractivity contribution >= 4 is 15.7 Å². The van der Waals surface area contributed by atoms with E-state index < -0.39 is 10.0 Å². The van der Waals surface area contributed by atoms with Crippen LogP contribution in [0.5, 0.6) is 5.75 Å². The van der Waals surface area contributed by atoms with Gasteiger partial charge in [0.1, 0.15) is 5.75 Å². The van der Waals surface area contributed by atoms with Crippen LogP contribution in [0.3, 0.4) is 0 Å². The average Bonchev–Trinajstić information content (AvgIpc) is 2.97. The number of hydrogen-bond acceptors (Lipinski definition) is 4. The van der Waals surface area contributed by atoms with E-state index in [1.807, 2.05) is 18.2 Å². The number of rotatable bonds is 5. The van der Waals surface area contributed by atoms with E-state index in [2.05, 4.69) is 0 Å². The lowest BCUT2D eigenvalue weighted by molar-refractivity contribution is 0.109. The zero-order valence-electron chi connectivity index (χ0n) is 13.7. The second-order valence-corrected chi connectivity index (χ2v) is 8.24. The van der Waals surface area contributed by atoms with E-state index in [9.17, 15) is 8.42 Å². The first kappa shape index (κ1) is 16.6. The molecule has 5 nitrogen and oxygen atoms in total. The minimum Gasteiger partial charge on any atom is -0.496 e. The number of ether oxygens (including phenoxy) is 2. The highest BCUT2D eigenvalue weighted by Gasteiger charge is 2.29. The van der Waals surface area contributed by atoms with E-state index in [-0.39, 0.29) is 11.9 Å². The third-order valence-electron chi connectivity index (χ3n) is 4.69. The van der Waals surface area contributed by atoms with Crippen molar-refractivity contribution in [2.75, 3.05) is 30.3 Å². The third-order valence-corrected chi connectivity index (χ3v) is 6.49. The Labute approximate surface area is 138 Å². The molecule has 2 aliphatic heterocycles. The summed E-state index contributed by atoms with van der Waals surface area (Å²) in [5.41, 5.74) is 1.79. The molecular weight excluding hydrogens is 314 g/mol. The van der Waals surface area contributed by atoms with Crippen LogP contribution in [0, 0.1) is 0 Å². The molecule has 0 N–H and O–H groups in total. The van der Waals surface area contributed by atoms with E-state index in [1.54, 1.807) is 11.4 Å². The average molecular weight is 339 g/mol. The number of sulfonamides is 1. The molecule has 3 rings (SSSR count). The predicted molar refractivity (Wildman–Crippen MR) is 90.7 cm³/mol. The van der Waals surface area contributed by atoms with Gasteiger partial charge in [0.2, 0.25) is 10.0 Å². The van der Waals surface area contributed by atoms with E-state index in [0.717, 1.165) is 55.7 Å². The first-order chi connectivity index (χ1) is 11.1. The molecule has 0 bridgehead atoms. The van der Waals surface area contributed by atoms with Crippen LogP contribution in [0.1, 0.15) is 37.7 Å². The van der Waals surface area contributed by atoms with Crippen LogP contribution in [-0.4, -0.2) is 40.5 Å². The van der Waals surface area contributed by atoms with Gasteiger partial charge in [-0.2, -0.15) is 0 Å². The monoisotopic (exact) mass is 339 g/mol. The number of methoxy groups -OCH3 is 1. The summed E-state index contributed by atoms with van der Waals surface area (Å²) in [6.07, 6.45) is 5.40. The van der Waals surface area contributed by atoms with Crippen LogP contribution in [0.2, 0.25) is 0 Å². The second-order valence-electron chi connectivity index (χ2n) is 6.23. The smallest absolute Gasteiger partial charge is 0.235 e. The number of benzene rings is 1. The van der Waals surface area contributed by atoms with Crippen LogP contribution < -0.4 is 9.04 Å². The first-order valence-electron chi connectivity index (χ1n) is 8.40. The SMILES string of the molecule is COc1cccc2c1CCCCN2S(=O)(=O)CCC1CCCO1. The van der Waals surface area contributed by atoms with Gasteiger partial charge < -0.3 is 9.47 Å². The van der Waals surface area contributed by atoms with Crippen LogP contribution in [0.15, 0.2) is 18.2 Å². The minimum absolute atomic E-state index is 0.0986. The van der Waals surface area contributed by atoms with Gasteiger partial charge in [-0.05, 0) is 50.7 Å². The van der Waals surface area contributed by atoms with Gasteiger partial charge in [-0.1, -0.05) is 6.07 Å². The van der Waals surface area contributed by atoms with Crippen LogP contribution in [-0.2, 0) is 21.2 Å². The number of anilines is 1. The molecule has 0 aromatic heterocycles. The Balaban J connectivity index is 1.83. The maximum absolute atomic E-state index is 12.9. The zero-order valence-corrected chi connectivity index (χ0v) is 14.5. The summed E-state index contributed by atoms with van der Waals surface area (Å²) >= 11 is 0. The summed E-state index contributed by atoms with van der Waals surface area (Å²) in [6.45, 7) is 1.31. The Hall–Kier alpha value is -1.27. The normalized spacial score (nSPS) is 21.8. The van der Waals surface area contributed by atoms with Crippen molar-refractivity contribution in [2.24, 2.45) is 0 Å². The fraction of sp³-hybridized carbons (Fsp3) is 0.647. The molecule has 0 radical (unpaired) electrons. The fourth-order valence-electron chi connectivity index (χ4n) is 3.46. The number of nitrogens with zero attached hydrogens (tertiary/aromatic N) is 1. The van der Waals surface area contributed by atoms with Crippen molar-refractivity contribution in [3.63, 3.8) is 0 Å². The lowest BCUT2D eigenvalue weighted by Crippen LogP contribution is -2.34. The molecule has 2 heterocycles. The van der Waals surface area contributed by atoms with E-state index >= 15 is 0 Å². The summed E-state index contributed by atoms with van der Waals surface area (Å²) in [6, 6.07) is 5.67. The molecule has 1 aromatic rings. The van der Waals surface area contributed by atoms with Crippen molar-refractivity contribution in [2.45, 2.75) is 44.6 Å². The summed E-state index contributed by atoms with van der Waals surface area (Å²) in [4.78, 5) is 0. The molecule has 1 aromatic carbocycles. The number of fused-ring (bicyclic) bond motifs is 1. The summed E-state index contributed by atoms with van der Waals surface area (Å²) < 4.78 is 38.4. The van der Waals surface area contributed by atoms with Gasteiger partial charge in [-0.25, -0.2) is 8.42 Å². The molecule has 0 spiro atoms. The lowest BCUT2D eigenvalue weighted by Gasteiger charge is -2.25. The molecule has 1 saturated heterocycles.